The van der Waals surface area contributed by atoms with E-state index in [4.69, 9.17) is 4.42 Å². The molecule has 8 heteroatoms. The first-order valence-corrected chi connectivity index (χ1v) is 10.1. The molecule has 7 nitrogen and oxygen atoms in total. The van der Waals surface area contributed by atoms with Crippen molar-refractivity contribution in [2.45, 2.75) is 13.0 Å². The first kappa shape index (κ1) is 18.5. The van der Waals surface area contributed by atoms with Crippen molar-refractivity contribution in [3.05, 3.63) is 81.6 Å². The van der Waals surface area contributed by atoms with E-state index in [9.17, 15) is 4.79 Å². The minimum atomic E-state index is -0.345. The predicted octanol–water partition coefficient (Wildman–Crippen LogP) is 5.06. The number of nitrogens with one attached hydrogen (secondary N) is 2. The van der Waals surface area contributed by atoms with Gasteiger partial charge in [0.05, 0.1) is 23.3 Å². The fourth-order valence-electron chi connectivity index (χ4n) is 3.51. The average molecular weight is 462 g/mol. The number of anilines is 1. The predicted molar refractivity (Wildman–Crippen MR) is 119 cm³/mol. The second-order valence-corrected chi connectivity index (χ2v) is 7.78. The van der Waals surface area contributed by atoms with Crippen LogP contribution in [0.15, 0.2) is 74.9 Å². The highest BCUT2D eigenvalue weighted by Gasteiger charge is 2.22. The molecule has 0 unspecified atom stereocenters. The molecule has 0 saturated heterocycles. The molecule has 0 aliphatic heterocycles. The summed E-state index contributed by atoms with van der Waals surface area (Å²) in [5, 5.41) is 3.86. The molecule has 0 spiro atoms. The Morgan fingerprint density at radius 2 is 1.93 bits per heavy atom. The third-order valence-electron chi connectivity index (χ3n) is 4.91. The van der Waals surface area contributed by atoms with E-state index in [1.54, 1.807) is 18.5 Å². The molecule has 30 heavy (non-hydrogen) atoms. The maximum absolute atomic E-state index is 13.5. The first-order valence-electron chi connectivity index (χ1n) is 9.34. The maximum Gasteiger partial charge on any atom is 0.200 e. The van der Waals surface area contributed by atoms with Crippen LogP contribution in [-0.4, -0.2) is 19.9 Å². The fraction of sp³-hybridized carbons (Fsp3) is 0.0909. The van der Waals surface area contributed by atoms with Gasteiger partial charge in [0.15, 0.2) is 11.5 Å². The van der Waals surface area contributed by atoms with Crippen molar-refractivity contribution in [3.8, 4) is 11.1 Å². The molecule has 5 rings (SSSR count). The van der Waals surface area contributed by atoms with Gasteiger partial charge in [-0.2, -0.15) is 0 Å². The SMILES string of the molecule is C[C@H](Nc1ncnc2nc[nH]c12)c1oc2ccc(Br)cc2c(=O)c1-c1ccccc1. The first-order chi connectivity index (χ1) is 14.6. The quantitative estimate of drug-likeness (QED) is 0.388. The lowest BCUT2D eigenvalue weighted by molar-refractivity contribution is 0.515. The molecule has 0 aliphatic carbocycles. The van der Waals surface area contributed by atoms with Gasteiger partial charge in [-0.15, -0.1) is 0 Å². The Morgan fingerprint density at radius 3 is 2.77 bits per heavy atom. The van der Waals surface area contributed by atoms with Gasteiger partial charge >= 0.3 is 0 Å². The van der Waals surface area contributed by atoms with Crippen LogP contribution in [0.2, 0.25) is 0 Å². The number of aromatic amines is 1. The number of H-pyrrole nitrogens is 1. The second kappa shape index (κ2) is 7.38. The number of imidazole rings is 1. The molecule has 0 bridgehead atoms. The Kier molecular flexibility index (Phi) is 4.55. The molecule has 3 heterocycles. The van der Waals surface area contributed by atoms with E-state index >= 15 is 0 Å². The molecule has 0 saturated carbocycles. The van der Waals surface area contributed by atoms with Crippen molar-refractivity contribution in [2.75, 3.05) is 5.32 Å². The summed E-state index contributed by atoms with van der Waals surface area (Å²) in [6.45, 7) is 1.93. The second-order valence-electron chi connectivity index (χ2n) is 6.87. The molecule has 1 atom stereocenters. The van der Waals surface area contributed by atoms with E-state index in [1.165, 1.54) is 6.33 Å². The molecule has 2 aromatic carbocycles. The third kappa shape index (κ3) is 3.15. The van der Waals surface area contributed by atoms with E-state index in [-0.39, 0.29) is 11.5 Å². The number of hydrogen-bond donors (Lipinski definition) is 2. The number of benzene rings is 2. The number of hydrogen-bond acceptors (Lipinski definition) is 6. The van der Waals surface area contributed by atoms with Crippen molar-refractivity contribution in [2.24, 2.45) is 0 Å². The third-order valence-corrected chi connectivity index (χ3v) is 5.40. The minimum absolute atomic E-state index is 0.0817. The van der Waals surface area contributed by atoms with E-state index in [0.717, 1.165) is 10.0 Å². The van der Waals surface area contributed by atoms with Crippen LogP contribution in [-0.2, 0) is 0 Å². The summed E-state index contributed by atoms with van der Waals surface area (Å²) in [5.74, 6) is 1.12. The normalized spacial score (nSPS) is 12.3. The van der Waals surface area contributed by atoms with Gasteiger partial charge in [-0.3, -0.25) is 4.79 Å². The maximum atomic E-state index is 13.5. The van der Waals surface area contributed by atoms with Gasteiger partial charge < -0.3 is 14.7 Å². The summed E-state index contributed by atoms with van der Waals surface area (Å²) < 4.78 is 7.08. The number of nitrogens with zero attached hydrogens (tertiary/aromatic N) is 3. The summed E-state index contributed by atoms with van der Waals surface area (Å²) in [6, 6.07) is 14.6. The molecule has 0 amide bonds. The average Bonchev–Trinajstić information content (AvgIpc) is 3.24. The topological polar surface area (TPSA) is 96.7 Å². The lowest BCUT2D eigenvalue weighted by atomic mass is 9.99. The largest absolute Gasteiger partial charge is 0.458 e. The van der Waals surface area contributed by atoms with Crippen LogP contribution in [0.4, 0.5) is 5.82 Å². The highest BCUT2D eigenvalue weighted by atomic mass is 79.9. The highest BCUT2D eigenvalue weighted by Crippen LogP contribution is 2.32. The molecule has 148 valence electrons. The van der Waals surface area contributed by atoms with Gasteiger partial charge in [0.2, 0.25) is 5.43 Å². The zero-order valence-electron chi connectivity index (χ0n) is 15.9. The summed E-state index contributed by atoms with van der Waals surface area (Å²) in [7, 11) is 0. The lowest BCUT2D eigenvalue weighted by Crippen LogP contribution is -2.16. The monoisotopic (exact) mass is 461 g/mol. The molecule has 0 fully saturated rings. The van der Waals surface area contributed by atoms with Gasteiger partial charge in [-0.25, -0.2) is 15.0 Å². The smallest absolute Gasteiger partial charge is 0.200 e. The van der Waals surface area contributed by atoms with Crippen LogP contribution in [0.1, 0.15) is 18.7 Å². The standard InChI is InChI=1S/C22H16BrN5O2/c1-12(28-22-18-21(25-10-24-18)26-11-27-22)20-17(13-5-3-2-4-6-13)19(29)15-9-14(23)7-8-16(15)30-20/h2-12H,1H3,(H2,24,25,26,27,28)/t12-/m0/s1. The lowest BCUT2D eigenvalue weighted by Gasteiger charge is -2.18. The Balaban J connectivity index is 1.70. The Bertz CT molecular complexity index is 1430. The zero-order chi connectivity index (χ0) is 20.7. The van der Waals surface area contributed by atoms with E-state index in [1.807, 2.05) is 43.3 Å². The van der Waals surface area contributed by atoms with Crippen molar-refractivity contribution in [1.29, 1.82) is 0 Å². The van der Waals surface area contributed by atoms with Crippen molar-refractivity contribution >= 4 is 43.9 Å². The van der Waals surface area contributed by atoms with Gasteiger partial charge in [-0.05, 0) is 30.7 Å². The summed E-state index contributed by atoms with van der Waals surface area (Å²) in [6.07, 6.45) is 3.02. The molecular weight excluding hydrogens is 446 g/mol. The minimum Gasteiger partial charge on any atom is -0.458 e. The number of aromatic nitrogens is 4. The van der Waals surface area contributed by atoms with E-state index in [0.29, 0.717) is 39.3 Å². The molecular formula is C22H16BrN5O2. The van der Waals surface area contributed by atoms with Gasteiger partial charge in [0.25, 0.3) is 0 Å². The van der Waals surface area contributed by atoms with Crippen LogP contribution in [0.25, 0.3) is 33.3 Å². The number of halogens is 1. The van der Waals surface area contributed by atoms with Crippen LogP contribution < -0.4 is 10.7 Å². The summed E-state index contributed by atoms with van der Waals surface area (Å²) >= 11 is 3.44. The van der Waals surface area contributed by atoms with Crippen molar-refractivity contribution in [1.82, 2.24) is 19.9 Å². The van der Waals surface area contributed by atoms with Gasteiger partial charge in [0, 0.05) is 4.47 Å². The fourth-order valence-corrected chi connectivity index (χ4v) is 3.87. The number of rotatable bonds is 4. The van der Waals surface area contributed by atoms with E-state index in [2.05, 4.69) is 41.2 Å². The van der Waals surface area contributed by atoms with Crippen LogP contribution in [0.5, 0.6) is 0 Å². The molecule has 3 aromatic heterocycles. The Labute approximate surface area is 179 Å². The van der Waals surface area contributed by atoms with Crippen LogP contribution in [0, 0.1) is 0 Å². The Morgan fingerprint density at radius 1 is 1.10 bits per heavy atom. The summed E-state index contributed by atoms with van der Waals surface area (Å²) in [4.78, 5) is 29.1. The Hall–Kier alpha value is -3.52. The molecule has 0 aliphatic rings. The zero-order valence-corrected chi connectivity index (χ0v) is 17.5. The molecule has 5 aromatic rings. The molecule has 2 N–H and O–H groups in total. The van der Waals surface area contributed by atoms with Crippen LogP contribution in [0.3, 0.4) is 0 Å². The highest BCUT2D eigenvalue weighted by molar-refractivity contribution is 9.10. The molecule has 0 radical (unpaired) electrons. The number of fused-ring (bicyclic) bond motifs is 2. The van der Waals surface area contributed by atoms with Gasteiger partial charge in [-0.1, -0.05) is 46.3 Å². The van der Waals surface area contributed by atoms with Gasteiger partial charge in [0.1, 0.15) is 23.2 Å². The van der Waals surface area contributed by atoms with Crippen molar-refractivity contribution in [3.63, 3.8) is 0 Å². The van der Waals surface area contributed by atoms with Crippen molar-refractivity contribution < 1.29 is 4.42 Å². The van der Waals surface area contributed by atoms with Crippen LogP contribution >= 0.6 is 15.9 Å². The van der Waals surface area contributed by atoms with E-state index < -0.39 is 0 Å². The summed E-state index contributed by atoms with van der Waals surface area (Å²) in [5.41, 5.74) is 3.02.